The second-order valence-corrected chi connectivity index (χ2v) is 7.87. The van der Waals surface area contributed by atoms with Gasteiger partial charge in [0.1, 0.15) is 0 Å². The summed E-state index contributed by atoms with van der Waals surface area (Å²) in [6.07, 6.45) is 8.44. The molecule has 4 fully saturated rings. The third-order valence-electron chi connectivity index (χ3n) is 6.05. The summed E-state index contributed by atoms with van der Waals surface area (Å²) >= 11 is 6.18. The van der Waals surface area contributed by atoms with E-state index in [1.165, 1.54) is 44.1 Å². The molecule has 3 heteroatoms. The van der Waals surface area contributed by atoms with Crippen LogP contribution in [0.4, 0.5) is 0 Å². The molecule has 108 valence electrons. The molecule has 4 aliphatic carbocycles. The first kappa shape index (κ1) is 13.1. The van der Waals surface area contributed by atoms with Gasteiger partial charge in [-0.2, -0.15) is 0 Å². The third kappa shape index (κ3) is 2.01. The van der Waals surface area contributed by atoms with Crippen LogP contribution in [0.1, 0.15) is 50.1 Å². The third-order valence-corrected chi connectivity index (χ3v) is 6.28. The average Bonchev–Trinajstić information content (AvgIpc) is 2.37. The molecule has 0 saturated heterocycles. The number of nitrogens with two attached hydrogens (primary N) is 1. The standard InChI is InChI=1S/C17H23ClN2/c18-15-3-1-2-14(7-15)16(20-19)17-8-11-4-12(9-17)6-13(5-11)10-17/h1-3,7,11-13,16,20H,4-6,8-10,19H2. The number of hydrogen-bond donors (Lipinski definition) is 2. The van der Waals surface area contributed by atoms with Crippen LogP contribution in [-0.4, -0.2) is 0 Å². The maximum absolute atomic E-state index is 6.18. The van der Waals surface area contributed by atoms with Gasteiger partial charge in [-0.15, -0.1) is 0 Å². The van der Waals surface area contributed by atoms with Crippen molar-refractivity contribution in [2.45, 2.75) is 44.6 Å². The van der Waals surface area contributed by atoms with E-state index >= 15 is 0 Å². The fourth-order valence-electron chi connectivity index (χ4n) is 5.84. The Morgan fingerprint density at radius 2 is 1.70 bits per heavy atom. The van der Waals surface area contributed by atoms with Crippen molar-refractivity contribution in [3.05, 3.63) is 34.9 Å². The molecule has 0 radical (unpaired) electrons. The smallest absolute Gasteiger partial charge is 0.0517 e. The molecule has 4 aliphatic rings. The fourth-order valence-corrected chi connectivity index (χ4v) is 6.04. The summed E-state index contributed by atoms with van der Waals surface area (Å²) in [7, 11) is 0. The Morgan fingerprint density at radius 3 is 2.20 bits per heavy atom. The van der Waals surface area contributed by atoms with Crippen LogP contribution >= 0.6 is 11.6 Å². The van der Waals surface area contributed by atoms with Crippen molar-refractivity contribution in [1.82, 2.24) is 5.43 Å². The largest absolute Gasteiger partial charge is 0.271 e. The zero-order valence-electron chi connectivity index (χ0n) is 11.8. The molecule has 0 heterocycles. The van der Waals surface area contributed by atoms with Gasteiger partial charge in [-0.1, -0.05) is 23.7 Å². The second-order valence-electron chi connectivity index (χ2n) is 7.43. The lowest BCUT2D eigenvalue weighted by Crippen LogP contribution is -2.53. The van der Waals surface area contributed by atoms with E-state index in [1.54, 1.807) is 0 Å². The Kier molecular flexibility index (Phi) is 3.10. The lowest BCUT2D eigenvalue weighted by molar-refractivity contribution is -0.0749. The summed E-state index contributed by atoms with van der Waals surface area (Å²) in [5, 5.41) is 0.812. The van der Waals surface area contributed by atoms with Crippen LogP contribution in [0.25, 0.3) is 0 Å². The number of hydrazine groups is 1. The van der Waals surface area contributed by atoms with Gasteiger partial charge < -0.3 is 0 Å². The quantitative estimate of drug-likeness (QED) is 0.651. The van der Waals surface area contributed by atoms with Gasteiger partial charge in [0.15, 0.2) is 0 Å². The molecule has 4 saturated carbocycles. The molecule has 0 amide bonds. The highest BCUT2D eigenvalue weighted by molar-refractivity contribution is 6.30. The zero-order chi connectivity index (χ0) is 13.7. The lowest BCUT2D eigenvalue weighted by Gasteiger charge is -2.59. The number of benzene rings is 1. The van der Waals surface area contributed by atoms with E-state index in [1.807, 2.05) is 12.1 Å². The van der Waals surface area contributed by atoms with Crippen molar-refractivity contribution in [2.75, 3.05) is 0 Å². The first-order valence-electron chi connectivity index (χ1n) is 7.90. The molecular weight excluding hydrogens is 268 g/mol. The van der Waals surface area contributed by atoms with Gasteiger partial charge in [0.05, 0.1) is 6.04 Å². The van der Waals surface area contributed by atoms with Crippen molar-refractivity contribution in [3.63, 3.8) is 0 Å². The van der Waals surface area contributed by atoms with Crippen LogP contribution in [-0.2, 0) is 0 Å². The molecule has 3 N–H and O–H groups in total. The minimum absolute atomic E-state index is 0.259. The van der Waals surface area contributed by atoms with Crippen LogP contribution in [0.5, 0.6) is 0 Å². The van der Waals surface area contributed by atoms with E-state index in [0.717, 1.165) is 22.8 Å². The normalized spacial score (nSPS) is 40.0. The van der Waals surface area contributed by atoms with Crippen molar-refractivity contribution >= 4 is 11.6 Å². The Morgan fingerprint density at radius 1 is 1.10 bits per heavy atom. The number of rotatable bonds is 3. The topological polar surface area (TPSA) is 38.0 Å². The van der Waals surface area contributed by atoms with E-state index in [2.05, 4.69) is 17.6 Å². The van der Waals surface area contributed by atoms with Crippen molar-refractivity contribution in [1.29, 1.82) is 0 Å². The number of nitrogens with one attached hydrogen (secondary N) is 1. The van der Waals surface area contributed by atoms with Crippen LogP contribution in [0.3, 0.4) is 0 Å². The molecule has 1 aromatic rings. The van der Waals surface area contributed by atoms with Crippen molar-refractivity contribution < 1.29 is 0 Å². The Bertz CT molecular complexity index is 478. The lowest BCUT2D eigenvalue weighted by atomic mass is 9.47. The molecule has 20 heavy (non-hydrogen) atoms. The van der Waals surface area contributed by atoms with Crippen LogP contribution in [0.2, 0.25) is 5.02 Å². The second kappa shape index (κ2) is 4.72. The molecule has 1 aromatic carbocycles. The van der Waals surface area contributed by atoms with E-state index in [0.29, 0.717) is 5.41 Å². The molecule has 4 bridgehead atoms. The van der Waals surface area contributed by atoms with Crippen molar-refractivity contribution in [2.24, 2.45) is 29.0 Å². The predicted octanol–water partition coefficient (Wildman–Crippen LogP) is 4.06. The summed E-state index contributed by atoms with van der Waals surface area (Å²) in [6.45, 7) is 0. The van der Waals surface area contributed by atoms with E-state index in [9.17, 15) is 0 Å². The molecule has 0 aromatic heterocycles. The monoisotopic (exact) mass is 290 g/mol. The summed E-state index contributed by atoms with van der Waals surface area (Å²) in [5.41, 5.74) is 4.78. The van der Waals surface area contributed by atoms with E-state index in [4.69, 9.17) is 17.4 Å². The van der Waals surface area contributed by atoms with Crippen LogP contribution in [0.15, 0.2) is 24.3 Å². The molecule has 2 nitrogen and oxygen atoms in total. The van der Waals surface area contributed by atoms with E-state index in [-0.39, 0.29) is 6.04 Å². The molecule has 0 spiro atoms. The van der Waals surface area contributed by atoms with Gasteiger partial charge >= 0.3 is 0 Å². The van der Waals surface area contributed by atoms with Crippen LogP contribution in [0, 0.1) is 23.2 Å². The summed E-state index contributed by atoms with van der Waals surface area (Å²) in [5.74, 6) is 8.81. The minimum Gasteiger partial charge on any atom is -0.271 e. The Hall–Kier alpha value is -0.570. The first-order valence-corrected chi connectivity index (χ1v) is 8.28. The highest BCUT2D eigenvalue weighted by atomic mass is 35.5. The summed E-state index contributed by atoms with van der Waals surface area (Å²) < 4.78 is 0. The summed E-state index contributed by atoms with van der Waals surface area (Å²) in [6, 6.07) is 8.51. The minimum atomic E-state index is 0.259. The van der Waals surface area contributed by atoms with Crippen LogP contribution < -0.4 is 11.3 Å². The molecule has 1 unspecified atom stereocenters. The predicted molar refractivity (Wildman–Crippen MR) is 82.1 cm³/mol. The fraction of sp³-hybridized carbons (Fsp3) is 0.647. The number of hydrogen-bond acceptors (Lipinski definition) is 2. The SMILES string of the molecule is NNC(c1cccc(Cl)c1)C12CC3CC(CC(C3)C1)C2. The molecular formula is C17H23ClN2. The zero-order valence-corrected chi connectivity index (χ0v) is 12.6. The highest BCUT2D eigenvalue weighted by Crippen LogP contribution is 2.63. The van der Waals surface area contributed by atoms with E-state index < -0.39 is 0 Å². The Labute approximate surface area is 126 Å². The molecule has 0 aliphatic heterocycles. The van der Waals surface area contributed by atoms with Gasteiger partial charge in [0.2, 0.25) is 0 Å². The van der Waals surface area contributed by atoms with Gasteiger partial charge in [0.25, 0.3) is 0 Å². The van der Waals surface area contributed by atoms with Gasteiger partial charge in [0, 0.05) is 5.02 Å². The first-order chi connectivity index (χ1) is 9.68. The highest BCUT2D eigenvalue weighted by Gasteiger charge is 2.54. The maximum atomic E-state index is 6.18. The number of halogens is 1. The molecule has 1 atom stereocenters. The molecule has 5 rings (SSSR count). The van der Waals surface area contributed by atoms with Gasteiger partial charge in [-0.3, -0.25) is 11.3 Å². The van der Waals surface area contributed by atoms with Gasteiger partial charge in [-0.25, -0.2) is 0 Å². The van der Waals surface area contributed by atoms with Crippen molar-refractivity contribution in [3.8, 4) is 0 Å². The average molecular weight is 291 g/mol. The van der Waals surface area contributed by atoms with Gasteiger partial charge in [-0.05, 0) is 79.4 Å². The maximum Gasteiger partial charge on any atom is 0.0517 e. The summed E-state index contributed by atoms with van der Waals surface area (Å²) in [4.78, 5) is 0. The Balaban J connectivity index is 1.70.